The van der Waals surface area contributed by atoms with E-state index in [1.54, 1.807) is 0 Å². The Balaban J connectivity index is 4.11. The number of esters is 3. The normalized spacial score (nSPS) is 12.6. The predicted molar refractivity (Wildman–Crippen MR) is 298 cm³/mol. The van der Waals surface area contributed by atoms with Gasteiger partial charge in [-0.05, 0) is 103 Å². The van der Waals surface area contributed by atoms with E-state index in [-0.39, 0.29) is 31.1 Å². The summed E-state index contributed by atoms with van der Waals surface area (Å²) in [5.74, 6) is -0.892. The molecule has 6 nitrogen and oxygen atoms in total. The van der Waals surface area contributed by atoms with Crippen LogP contribution in [0.15, 0.2) is 72.9 Å². The van der Waals surface area contributed by atoms with Gasteiger partial charge in [0.25, 0.3) is 0 Å². The molecule has 1 atom stereocenters. The van der Waals surface area contributed by atoms with Crippen LogP contribution in [-0.2, 0) is 28.6 Å². The third-order valence-electron chi connectivity index (χ3n) is 12.6. The molecule has 398 valence electrons. The first kappa shape index (κ1) is 65.8. The van der Waals surface area contributed by atoms with E-state index in [0.717, 1.165) is 109 Å². The van der Waals surface area contributed by atoms with Crippen molar-refractivity contribution in [3.8, 4) is 0 Å². The first-order valence-corrected chi connectivity index (χ1v) is 29.4. The highest BCUT2D eigenvalue weighted by molar-refractivity contribution is 5.71. The summed E-state index contributed by atoms with van der Waals surface area (Å²) in [6.07, 6.45) is 73.5. The van der Waals surface area contributed by atoms with E-state index in [4.69, 9.17) is 14.2 Å². The molecule has 1 unspecified atom stereocenters. The molecular formula is C63H110O6. The number of allylic oxidation sites excluding steroid dienone is 12. The van der Waals surface area contributed by atoms with Crippen molar-refractivity contribution in [1.82, 2.24) is 0 Å². The van der Waals surface area contributed by atoms with Crippen molar-refractivity contribution in [2.45, 2.75) is 297 Å². The zero-order valence-corrected chi connectivity index (χ0v) is 45.6. The van der Waals surface area contributed by atoms with Crippen LogP contribution in [0.3, 0.4) is 0 Å². The van der Waals surface area contributed by atoms with E-state index in [9.17, 15) is 14.4 Å². The highest BCUT2D eigenvalue weighted by atomic mass is 16.6. The summed E-state index contributed by atoms with van der Waals surface area (Å²) in [6.45, 7) is 6.44. The average molecular weight is 964 g/mol. The molecule has 0 N–H and O–H groups in total. The fourth-order valence-corrected chi connectivity index (χ4v) is 8.26. The van der Waals surface area contributed by atoms with Crippen molar-refractivity contribution in [3.63, 3.8) is 0 Å². The average Bonchev–Trinajstić information content (AvgIpc) is 3.35. The van der Waals surface area contributed by atoms with Crippen LogP contribution in [0.1, 0.15) is 290 Å². The van der Waals surface area contributed by atoms with Gasteiger partial charge in [0, 0.05) is 19.3 Å². The number of carbonyl (C=O) groups is 3. The lowest BCUT2D eigenvalue weighted by Gasteiger charge is -2.18. The van der Waals surface area contributed by atoms with E-state index in [1.165, 1.54) is 141 Å². The van der Waals surface area contributed by atoms with Gasteiger partial charge in [0.1, 0.15) is 13.2 Å². The number of ether oxygens (including phenoxy) is 3. The third-order valence-corrected chi connectivity index (χ3v) is 12.6. The molecule has 0 saturated heterocycles. The zero-order chi connectivity index (χ0) is 50.0. The van der Waals surface area contributed by atoms with Gasteiger partial charge < -0.3 is 14.2 Å². The molecule has 0 aromatic carbocycles. The van der Waals surface area contributed by atoms with Crippen LogP contribution in [0, 0.1) is 0 Å². The molecule has 6 heteroatoms. The Morgan fingerprint density at radius 2 is 0.594 bits per heavy atom. The zero-order valence-electron chi connectivity index (χ0n) is 45.6. The summed E-state index contributed by atoms with van der Waals surface area (Å²) in [5, 5.41) is 0. The van der Waals surface area contributed by atoms with Crippen molar-refractivity contribution in [3.05, 3.63) is 72.9 Å². The van der Waals surface area contributed by atoms with Crippen LogP contribution in [0.2, 0.25) is 0 Å². The molecule has 0 heterocycles. The lowest BCUT2D eigenvalue weighted by molar-refractivity contribution is -0.167. The van der Waals surface area contributed by atoms with Crippen molar-refractivity contribution in [1.29, 1.82) is 0 Å². The van der Waals surface area contributed by atoms with Crippen molar-refractivity contribution in [2.24, 2.45) is 0 Å². The second-order valence-electron chi connectivity index (χ2n) is 19.5. The first-order valence-electron chi connectivity index (χ1n) is 29.4. The van der Waals surface area contributed by atoms with Gasteiger partial charge in [0.2, 0.25) is 0 Å². The molecule has 0 aromatic rings. The van der Waals surface area contributed by atoms with Crippen molar-refractivity contribution in [2.75, 3.05) is 13.2 Å². The molecule has 0 aliphatic heterocycles. The van der Waals surface area contributed by atoms with Crippen LogP contribution in [0.5, 0.6) is 0 Å². The highest BCUT2D eigenvalue weighted by Gasteiger charge is 2.19. The Morgan fingerprint density at radius 3 is 0.957 bits per heavy atom. The number of carbonyl (C=O) groups excluding carboxylic acids is 3. The molecular weight excluding hydrogens is 853 g/mol. The predicted octanol–water partition coefficient (Wildman–Crippen LogP) is 19.8. The Labute approximate surface area is 427 Å². The van der Waals surface area contributed by atoms with Crippen LogP contribution in [-0.4, -0.2) is 37.2 Å². The van der Waals surface area contributed by atoms with E-state index in [0.29, 0.717) is 19.3 Å². The molecule has 0 amide bonds. The molecule has 69 heavy (non-hydrogen) atoms. The summed E-state index contributed by atoms with van der Waals surface area (Å²) >= 11 is 0. The maximum absolute atomic E-state index is 12.8. The van der Waals surface area contributed by atoms with E-state index in [2.05, 4.69) is 93.7 Å². The molecule has 0 aliphatic carbocycles. The van der Waals surface area contributed by atoms with Gasteiger partial charge in [-0.2, -0.15) is 0 Å². The minimum atomic E-state index is -0.780. The van der Waals surface area contributed by atoms with E-state index < -0.39 is 6.10 Å². The molecule has 0 bridgehead atoms. The maximum Gasteiger partial charge on any atom is 0.306 e. The lowest BCUT2D eigenvalue weighted by Crippen LogP contribution is -2.30. The monoisotopic (exact) mass is 963 g/mol. The van der Waals surface area contributed by atoms with Crippen LogP contribution in [0.4, 0.5) is 0 Å². The highest BCUT2D eigenvalue weighted by Crippen LogP contribution is 2.16. The van der Waals surface area contributed by atoms with Gasteiger partial charge in [-0.1, -0.05) is 241 Å². The molecule has 0 aromatic heterocycles. The van der Waals surface area contributed by atoms with Crippen LogP contribution < -0.4 is 0 Å². The molecule has 0 fully saturated rings. The lowest BCUT2D eigenvalue weighted by atomic mass is 10.0. The number of unbranched alkanes of at least 4 members (excludes halogenated alkanes) is 30. The topological polar surface area (TPSA) is 78.9 Å². The SMILES string of the molecule is CC/C=C\C/C=C\C/C=C\C/C=C\CCCCCCCCCCCCCCCCCCC(=O)OCC(COC(=O)CCCCCCC/C=C\CCC)OC(=O)CCCCCCC/C=C\CCCCC. The second-order valence-corrected chi connectivity index (χ2v) is 19.5. The van der Waals surface area contributed by atoms with Gasteiger partial charge in [-0.15, -0.1) is 0 Å². The fraction of sp³-hybridized carbons (Fsp3) is 0.762. The molecule has 0 aliphatic rings. The summed E-state index contributed by atoms with van der Waals surface area (Å²) in [7, 11) is 0. The van der Waals surface area contributed by atoms with Crippen molar-refractivity contribution >= 4 is 17.9 Å². The standard InChI is InChI=1S/C63H110O6/c1-4-7-10-13-16-19-22-24-25-26-27-28-29-30-31-32-33-34-35-36-37-38-39-40-42-44-47-50-53-56-62(65)68-59-60(58-67-61(64)55-52-49-46-43-21-18-15-12-9-6-3)69-63(66)57-54-51-48-45-41-23-20-17-14-11-8-5-2/h7,10,12,15-17,19-20,24-25,27-28,60H,4-6,8-9,11,13-14,18,21-23,26,29-59H2,1-3H3/b10-7-,15-12-,19-16-,20-17-,25-24-,28-27-. The second kappa shape index (κ2) is 57.4. The van der Waals surface area contributed by atoms with Crippen LogP contribution >= 0.6 is 0 Å². The van der Waals surface area contributed by atoms with Gasteiger partial charge in [0.05, 0.1) is 0 Å². The molecule has 0 saturated carbocycles. The molecule has 0 spiro atoms. The number of hydrogen-bond acceptors (Lipinski definition) is 6. The Morgan fingerprint density at radius 1 is 0.304 bits per heavy atom. The third kappa shape index (κ3) is 55.6. The van der Waals surface area contributed by atoms with Crippen molar-refractivity contribution < 1.29 is 28.6 Å². The van der Waals surface area contributed by atoms with E-state index >= 15 is 0 Å². The summed E-state index contributed by atoms with van der Waals surface area (Å²) in [6, 6.07) is 0. The summed E-state index contributed by atoms with van der Waals surface area (Å²) in [5.41, 5.74) is 0. The quantitative estimate of drug-likeness (QED) is 0.0262. The Hall–Kier alpha value is -3.15. The largest absolute Gasteiger partial charge is 0.462 e. The minimum Gasteiger partial charge on any atom is -0.462 e. The Kier molecular flexibility index (Phi) is 54.8. The smallest absolute Gasteiger partial charge is 0.306 e. The van der Waals surface area contributed by atoms with Gasteiger partial charge in [0.15, 0.2) is 6.10 Å². The molecule has 0 radical (unpaired) electrons. The van der Waals surface area contributed by atoms with Crippen LogP contribution in [0.25, 0.3) is 0 Å². The van der Waals surface area contributed by atoms with Gasteiger partial charge in [-0.3, -0.25) is 14.4 Å². The summed E-state index contributed by atoms with van der Waals surface area (Å²) < 4.78 is 16.8. The maximum atomic E-state index is 12.8. The van der Waals surface area contributed by atoms with E-state index in [1.807, 2.05) is 0 Å². The van der Waals surface area contributed by atoms with Gasteiger partial charge >= 0.3 is 17.9 Å². The number of rotatable bonds is 53. The Bertz CT molecular complexity index is 1290. The fourth-order valence-electron chi connectivity index (χ4n) is 8.26. The first-order chi connectivity index (χ1) is 34.0. The summed E-state index contributed by atoms with van der Waals surface area (Å²) in [4.78, 5) is 38.0. The molecule has 0 rings (SSSR count). The minimum absolute atomic E-state index is 0.0791. The van der Waals surface area contributed by atoms with Gasteiger partial charge in [-0.25, -0.2) is 0 Å². The number of hydrogen-bond donors (Lipinski definition) is 0.